The Bertz CT molecular complexity index is 893. The van der Waals surface area contributed by atoms with E-state index in [1.54, 1.807) is 7.11 Å². The van der Waals surface area contributed by atoms with E-state index in [2.05, 4.69) is 15.3 Å². The molecule has 0 saturated heterocycles. The van der Waals surface area contributed by atoms with Gasteiger partial charge in [-0.2, -0.15) is 0 Å². The number of nitrogens with zero attached hydrogens (tertiary/aromatic N) is 1. The molecule has 0 aliphatic heterocycles. The molecular formula is C20H23N3O3S. The Labute approximate surface area is 162 Å². The minimum Gasteiger partial charge on any atom is -0.497 e. The molecule has 2 N–H and O–H groups in total. The fraction of sp³-hybridized carbons (Fsp3) is 0.300. The van der Waals surface area contributed by atoms with Crippen molar-refractivity contribution < 1.29 is 14.3 Å². The molecule has 0 fully saturated rings. The van der Waals surface area contributed by atoms with E-state index in [0.717, 1.165) is 39.7 Å². The van der Waals surface area contributed by atoms with Gasteiger partial charge in [-0.1, -0.05) is 23.9 Å². The van der Waals surface area contributed by atoms with Crippen molar-refractivity contribution in [2.24, 2.45) is 0 Å². The number of aromatic nitrogens is 2. The molecule has 0 aliphatic rings. The summed E-state index contributed by atoms with van der Waals surface area (Å²) in [6, 6.07) is 13.6. The van der Waals surface area contributed by atoms with Gasteiger partial charge >= 0.3 is 0 Å². The fourth-order valence-electron chi connectivity index (χ4n) is 2.61. The van der Waals surface area contributed by atoms with Crippen LogP contribution in [0.3, 0.4) is 0 Å². The number of amides is 1. The lowest BCUT2D eigenvalue weighted by molar-refractivity contribution is -0.118. The molecule has 0 unspecified atom stereocenters. The van der Waals surface area contributed by atoms with Gasteiger partial charge < -0.3 is 19.8 Å². The van der Waals surface area contributed by atoms with Crippen LogP contribution in [-0.2, 0) is 11.2 Å². The Morgan fingerprint density at radius 2 is 1.96 bits per heavy atom. The molecule has 0 radical (unpaired) electrons. The molecule has 0 aliphatic carbocycles. The third kappa shape index (κ3) is 5.40. The first-order valence-corrected chi connectivity index (χ1v) is 9.81. The lowest BCUT2D eigenvalue weighted by Crippen LogP contribution is -2.27. The van der Waals surface area contributed by atoms with Crippen molar-refractivity contribution in [3.05, 3.63) is 48.0 Å². The molecular weight excluding hydrogens is 362 g/mol. The minimum atomic E-state index is -0.0102. The maximum absolute atomic E-state index is 12.0. The normalized spacial score (nSPS) is 10.7. The summed E-state index contributed by atoms with van der Waals surface area (Å²) in [5.74, 6) is 1.95. The van der Waals surface area contributed by atoms with Crippen LogP contribution in [0.25, 0.3) is 11.0 Å². The van der Waals surface area contributed by atoms with Crippen molar-refractivity contribution in [1.82, 2.24) is 15.3 Å². The van der Waals surface area contributed by atoms with Crippen molar-refractivity contribution in [1.29, 1.82) is 0 Å². The number of nitrogens with one attached hydrogen (secondary N) is 2. The Morgan fingerprint density at radius 3 is 2.70 bits per heavy atom. The number of fused-ring (bicyclic) bond motifs is 1. The molecule has 0 atom stereocenters. The first-order valence-electron chi connectivity index (χ1n) is 8.83. The number of ether oxygens (including phenoxy) is 2. The molecule has 3 aromatic rings. The van der Waals surface area contributed by atoms with E-state index in [1.165, 1.54) is 11.8 Å². The van der Waals surface area contributed by atoms with Crippen LogP contribution in [0, 0.1) is 0 Å². The highest BCUT2D eigenvalue weighted by molar-refractivity contribution is 7.99. The van der Waals surface area contributed by atoms with Gasteiger partial charge in [-0.3, -0.25) is 4.79 Å². The highest BCUT2D eigenvalue weighted by Gasteiger charge is 2.08. The van der Waals surface area contributed by atoms with E-state index in [9.17, 15) is 4.79 Å². The van der Waals surface area contributed by atoms with E-state index >= 15 is 0 Å². The topological polar surface area (TPSA) is 76.2 Å². The Balaban J connectivity index is 1.45. The predicted octanol–water partition coefficient (Wildman–Crippen LogP) is 3.42. The van der Waals surface area contributed by atoms with E-state index in [1.807, 2.05) is 49.4 Å². The van der Waals surface area contributed by atoms with Gasteiger partial charge in [-0.05, 0) is 43.2 Å². The zero-order valence-corrected chi connectivity index (χ0v) is 16.3. The number of carbonyl (C=O) groups excluding carboxylic acids is 1. The van der Waals surface area contributed by atoms with Crippen molar-refractivity contribution in [3.8, 4) is 11.5 Å². The molecule has 1 aromatic heterocycles. The molecule has 0 bridgehead atoms. The number of benzene rings is 2. The summed E-state index contributed by atoms with van der Waals surface area (Å²) < 4.78 is 10.6. The molecule has 1 heterocycles. The zero-order chi connectivity index (χ0) is 19.1. The van der Waals surface area contributed by atoms with Crippen molar-refractivity contribution >= 4 is 28.7 Å². The van der Waals surface area contributed by atoms with E-state index < -0.39 is 0 Å². The number of imidazole rings is 1. The van der Waals surface area contributed by atoms with Crippen LogP contribution >= 0.6 is 11.8 Å². The zero-order valence-electron chi connectivity index (χ0n) is 15.5. The second kappa shape index (κ2) is 9.32. The average Bonchev–Trinajstić information content (AvgIpc) is 3.09. The van der Waals surface area contributed by atoms with Crippen LogP contribution in [0.5, 0.6) is 11.5 Å². The number of hydrogen-bond acceptors (Lipinski definition) is 5. The monoisotopic (exact) mass is 385 g/mol. The molecule has 27 heavy (non-hydrogen) atoms. The van der Waals surface area contributed by atoms with E-state index in [4.69, 9.17) is 9.47 Å². The molecule has 6 nitrogen and oxygen atoms in total. The molecule has 3 rings (SSSR count). The Morgan fingerprint density at radius 1 is 1.19 bits per heavy atom. The van der Waals surface area contributed by atoms with E-state index in [0.29, 0.717) is 18.9 Å². The SMILES string of the molecule is CCOc1ccc2nc(SCC(=O)NCCc3ccc(OC)cc3)[nH]c2c1. The summed E-state index contributed by atoms with van der Waals surface area (Å²) in [6.45, 7) is 3.17. The molecule has 142 valence electrons. The van der Waals surface area contributed by atoms with Crippen LogP contribution in [0.15, 0.2) is 47.6 Å². The third-order valence-electron chi connectivity index (χ3n) is 3.98. The lowest BCUT2D eigenvalue weighted by Gasteiger charge is -2.05. The summed E-state index contributed by atoms with van der Waals surface area (Å²) in [5, 5.41) is 3.66. The largest absolute Gasteiger partial charge is 0.497 e. The number of hydrogen-bond donors (Lipinski definition) is 2. The van der Waals surface area contributed by atoms with Gasteiger partial charge in [-0.15, -0.1) is 0 Å². The lowest BCUT2D eigenvalue weighted by atomic mass is 10.1. The molecule has 1 amide bonds. The second-order valence-electron chi connectivity index (χ2n) is 5.89. The van der Waals surface area contributed by atoms with Crippen LogP contribution < -0.4 is 14.8 Å². The number of thioether (sulfide) groups is 1. The van der Waals surface area contributed by atoms with E-state index in [-0.39, 0.29) is 5.91 Å². The second-order valence-corrected chi connectivity index (χ2v) is 6.85. The molecule has 0 spiro atoms. The van der Waals surface area contributed by atoms with Crippen molar-refractivity contribution in [2.45, 2.75) is 18.5 Å². The summed E-state index contributed by atoms with van der Waals surface area (Å²) in [5.41, 5.74) is 2.93. The van der Waals surface area contributed by atoms with Gasteiger partial charge in [0.05, 0.1) is 30.5 Å². The number of carbonyl (C=O) groups is 1. The van der Waals surface area contributed by atoms with Crippen molar-refractivity contribution in [3.63, 3.8) is 0 Å². The van der Waals surface area contributed by atoms with Crippen LogP contribution in [0.4, 0.5) is 0 Å². The standard InChI is InChI=1S/C20H23N3O3S/c1-3-26-16-8-9-17-18(12-16)23-20(22-17)27-13-19(24)21-11-10-14-4-6-15(25-2)7-5-14/h4-9,12H,3,10-11,13H2,1-2H3,(H,21,24)(H,22,23). The maximum Gasteiger partial charge on any atom is 0.230 e. The van der Waals surface area contributed by atoms with Crippen LogP contribution in [0.2, 0.25) is 0 Å². The molecule has 7 heteroatoms. The summed E-state index contributed by atoms with van der Waals surface area (Å²) in [6.07, 6.45) is 0.783. The van der Waals surface area contributed by atoms with Crippen molar-refractivity contribution in [2.75, 3.05) is 26.0 Å². The predicted molar refractivity (Wildman–Crippen MR) is 108 cm³/mol. The highest BCUT2D eigenvalue weighted by Crippen LogP contribution is 2.23. The minimum absolute atomic E-state index is 0.0102. The quantitative estimate of drug-likeness (QED) is 0.552. The third-order valence-corrected chi connectivity index (χ3v) is 4.85. The van der Waals surface area contributed by atoms with Crippen LogP contribution in [0.1, 0.15) is 12.5 Å². The number of methoxy groups -OCH3 is 1. The average molecular weight is 385 g/mol. The fourth-order valence-corrected chi connectivity index (χ4v) is 3.33. The first-order chi connectivity index (χ1) is 13.2. The molecule has 0 saturated carbocycles. The van der Waals surface area contributed by atoms with Crippen LogP contribution in [-0.4, -0.2) is 41.9 Å². The smallest absolute Gasteiger partial charge is 0.230 e. The van der Waals surface area contributed by atoms with Gasteiger partial charge in [0.25, 0.3) is 0 Å². The summed E-state index contributed by atoms with van der Waals surface area (Å²) in [4.78, 5) is 19.8. The van der Waals surface area contributed by atoms with Gasteiger partial charge in [0.1, 0.15) is 11.5 Å². The van der Waals surface area contributed by atoms with Gasteiger partial charge in [0.15, 0.2) is 5.16 Å². The summed E-state index contributed by atoms with van der Waals surface area (Å²) >= 11 is 1.39. The highest BCUT2D eigenvalue weighted by atomic mass is 32.2. The maximum atomic E-state index is 12.0. The number of H-pyrrole nitrogens is 1. The summed E-state index contributed by atoms with van der Waals surface area (Å²) in [7, 11) is 1.65. The van der Waals surface area contributed by atoms with Gasteiger partial charge in [-0.25, -0.2) is 4.98 Å². The molecule has 2 aromatic carbocycles. The first kappa shape index (κ1) is 19.1. The number of rotatable bonds is 9. The Hall–Kier alpha value is -2.67. The van der Waals surface area contributed by atoms with Gasteiger partial charge in [0, 0.05) is 12.6 Å². The van der Waals surface area contributed by atoms with Gasteiger partial charge in [0.2, 0.25) is 5.91 Å². The Kier molecular flexibility index (Phi) is 6.59. The number of aromatic amines is 1.